The number of halogens is 3. The lowest BCUT2D eigenvalue weighted by Gasteiger charge is -2.24. The van der Waals surface area contributed by atoms with Crippen molar-refractivity contribution < 1.29 is 13.2 Å². The van der Waals surface area contributed by atoms with Gasteiger partial charge in [0.05, 0.1) is 5.92 Å². The van der Waals surface area contributed by atoms with E-state index in [1.54, 1.807) is 38.1 Å². The molecule has 0 radical (unpaired) electrons. The maximum Gasteiger partial charge on any atom is 0.395 e. The topological polar surface area (TPSA) is 0 Å². The van der Waals surface area contributed by atoms with Gasteiger partial charge in [0.2, 0.25) is 0 Å². The molecule has 17 heavy (non-hydrogen) atoms. The maximum absolute atomic E-state index is 12.9. The van der Waals surface area contributed by atoms with E-state index in [-0.39, 0.29) is 0 Å². The van der Waals surface area contributed by atoms with Gasteiger partial charge in [-0.15, -0.1) is 0 Å². The van der Waals surface area contributed by atoms with Crippen molar-refractivity contribution >= 4 is 0 Å². The van der Waals surface area contributed by atoms with Crippen molar-refractivity contribution in [3.05, 3.63) is 35.4 Å². The smallest absolute Gasteiger partial charge is 0.170 e. The number of hydrogen-bond acceptors (Lipinski definition) is 0. The Morgan fingerprint density at radius 1 is 0.824 bits per heavy atom. The second-order valence-electron chi connectivity index (χ2n) is 5.08. The van der Waals surface area contributed by atoms with Crippen LogP contribution in [0, 0.1) is 5.92 Å². The third-order valence-electron chi connectivity index (χ3n) is 2.98. The van der Waals surface area contributed by atoms with Gasteiger partial charge in [0.1, 0.15) is 0 Å². The van der Waals surface area contributed by atoms with Crippen LogP contribution < -0.4 is 0 Å². The SMILES string of the molecule is CC(C)c1ccc([C@@H](C(C)C)C(F)(F)F)cc1. The number of alkyl halides is 3. The fraction of sp³-hybridized carbons (Fsp3) is 0.571. The van der Waals surface area contributed by atoms with Gasteiger partial charge in [0.25, 0.3) is 0 Å². The molecule has 1 rings (SSSR count). The Kier molecular flexibility index (Phi) is 4.23. The minimum atomic E-state index is -4.17. The number of hydrogen-bond donors (Lipinski definition) is 0. The van der Waals surface area contributed by atoms with E-state index >= 15 is 0 Å². The van der Waals surface area contributed by atoms with E-state index < -0.39 is 18.0 Å². The summed E-state index contributed by atoms with van der Waals surface area (Å²) in [6.07, 6.45) is -4.17. The van der Waals surface area contributed by atoms with Crippen LogP contribution >= 0.6 is 0 Å². The van der Waals surface area contributed by atoms with E-state index in [1.807, 2.05) is 13.8 Å². The largest absolute Gasteiger partial charge is 0.395 e. The van der Waals surface area contributed by atoms with Crippen LogP contribution in [0.4, 0.5) is 13.2 Å². The van der Waals surface area contributed by atoms with Crippen LogP contribution in [0.2, 0.25) is 0 Å². The molecule has 1 aromatic rings. The minimum Gasteiger partial charge on any atom is -0.170 e. The highest BCUT2D eigenvalue weighted by Gasteiger charge is 2.42. The first kappa shape index (κ1) is 14.1. The summed E-state index contributed by atoms with van der Waals surface area (Å²) in [4.78, 5) is 0. The fourth-order valence-electron chi connectivity index (χ4n) is 2.04. The van der Waals surface area contributed by atoms with Gasteiger partial charge in [-0.05, 0) is 23.0 Å². The summed E-state index contributed by atoms with van der Waals surface area (Å²) >= 11 is 0. The third kappa shape index (κ3) is 3.48. The molecule has 0 spiro atoms. The summed E-state index contributed by atoms with van der Waals surface area (Å²) in [5.41, 5.74) is 1.43. The molecule has 0 saturated heterocycles. The summed E-state index contributed by atoms with van der Waals surface area (Å²) in [6.45, 7) is 7.26. The lowest BCUT2D eigenvalue weighted by Crippen LogP contribution is -2.25. The average Bonchev–Trinajstić information content (AvgIpc) is 2.15. The molecular formula is C14H19F3. The molecule has 1 atom stereocenters. The van der Waals surface area contributed by atoms with E-state index in [0.29, 0.717) is 11.5 Å². The highest BCUT2D eigenvalue weighted by atomic mass is 19.4. The zero-order chi connectivity index (χ0) is 13.2. The molecule has 96 valence electrons. The van der Waals surface area contributed by atoms with Gasteiger partial charge in [-0.1, -0.05) is 52.0 Å². The van der Waals surface area contributed by atoms with Gasteiger partial charge in [-0.25, -0.2) is 0 Å². The van der Waals surface area contributed by atoms with E-state index in [0.717, 1.165) is 5.56 Å². The Morgan fingerprint density at radius 2 is 1.24 bits per heavy atom. The summed E-state index contributed by atoms with van der Waals surface area (Å²) in [7, 11) is 0. The Morgan fingerprint density at radius 3 is 1.53 bits per heavy atom. The Labute approximate surface area is 101 Å². The van der Waals surface area contributed by atoms with E-state index in [2.05, 4.69) is 0 Å². The Balaban J connectivity index is 3.05. The van der Waals surface area contributed by atoms with Gasteiger partial charge < -0.3 is 0 Å². The third-order valence-corrected chi connectivity index (χ3v) is 2.98. The standard InChI is InChI=1S/C14H19F3/c1-9(2)11-5-7-12(8-6-11)13(10(3)4)14(15,16)17/h5-10,13H,1-4H3/t13-/m1/s1. The molecule has 0 aliphatic heterocycles. The molecule has 0 heterocycles. The highest BCUT2D eigenvalue weighted by Crippen LogP contribution is 2.40. The van der Waals surface area contributed by atoms with Crippen LogP contribution in [0.15, 0.2) is 24.3 Å². The average molecular weight is 244 g/mol. The van der Waals surface area contributed by atoms with Crippen LogP contribution in [-0.4, -0.2) is 6.18 Å². The van der Waals surface area contributed by atoms with Crippen LogP contribution in [0.3, 0.4) is 0 Å². The normalized spacial score (nSPS) is 14.4. The maximum atomic E-state index is 12.9. The van der Waals surface area contributed by atoms with Crippen LogP contribution in [-0.2, 0) is 0 Å². The lowest BCUT2D eigenvalue weighted by molar-refractivity contribution is -0.159. The molecule has 0 saturated carbocycles. The van der Waals surface area contributed by atoms with Gasteiger partial charge >= 0.3 is 6.18 Å². The number of benzene rings is 1. The quantitative estimate of drug-likeness (QED) is 0.693. The number of rotatable bonds is 3. The predicted molar refractivity (Wildman–Crippen MR) is 64.2 cm³/mol. The molecule has 0 unspecified atom stereocenters. The first-order chi connectivity index (χ1) is 7.73. The van der Waals surface area contributed by atoms with Crippen molar-refractivity contribution in [2.45, 2.75) is 45.7 Å². The molecule has 0 aliphatic rings. The Bertz CT molecular complexity index is 347. The van der Waals surface area contributed by atoms with Crippen molar-refractivity contribution in [1.82, 2.24) is 0 Å². The van der Waals surface area contributed by atoms with Crippen molar-refractivity contribution in [3.8, 4) is 0 Å². The molecule has 0 aliphatic carbocycles. The molecular weight excluding hydrogens is 225 g/mol. The van der Waals surface area contributed by atoms with Crippen LogP contribution in [0.5, 0.6) is 0 Å². The van der Waals surface area contributed by atoms with E-state index in [9.17, 15) is 13.2 Å². The summed E-state index contributed by atoms with van der Waals surface area (Å²) in [5, 5.41) is 0. The second-order valence-corrected chi connectivity index (χ2v) is 5.08. The zero-order valence-electron chi connectivity index (χ0n) is 10.7. The van der Waals surface area contributed by atoms with Crippen LogP contribution in [0.25, 0.3) is 0 Å². The molecule has 0 amide bonds. The molecule has 0 aromatic heterocycles. The minimum absolute atomic E-state index is 0.340. The second kappa shape index (κ2) is 5.11. The zero-order valence-corrected chi connectivity index (χ0v) is 10.7. The molecule has 0 bridgehead atoms. The predicted octanol–water partition coefficient (Wildman–Crippen LogP) is 5.11. The Hall–Kier alpha value is -0.990. The van der Waals surface area contributed by atoms with Gasteiger partial charge in [0, 0.05) is 0 Å². The van der Waals surface area contributed by atoms with Crippen LogP contribution in [0.1, 0.15) is 50.7 Å². The summed E-state index contributed by atoms with van der Waals surface area (Å²) < 4.78 is 38.7. The monoisotopic (exact) mass is 244 g/mol. The first-order valence-electron chi connectivity index (χ1n) is 5.90. The lowest BCUT2D eigenvalue weighted by atomic mass is 9.87. The molecule has 1 aromatic carbocycles. The fourth-order valence-corrected chi connectivity index (χ4v) is 2.04. The molecule has 0 nitrogen and oxygen atoms in total. The van der Waals surface area contributed by atoms with Crippen molar-refractivity contribution in [2.24, 2.45) is 5.92 Å². The van der Waals surface area contributed by atoms with Gasteiger partial charge in [0.15, 0.2) is 0 Å². The van der Waals surface area contributed by atoms with Crippen molar-refractivity contribution in [2.75, 3.05) is 0 Å². The van der Waals surface area contributed by atoms with E-state index in [1.165, 1.54) is 0 Å². The van der Waals surface area contributed by atoms with Gasteiger partial charge in [-0.2, -0.15) is 13.2 Å². The van der Waals surface area contributed by atoms with E-state index in [4.69, 9.17) is 0 Å². The van der Waals surface area contributed by atoms with Gasteiger partial charge in [-0.3, -0.25) is 0 Å². The van der Waals surface area contributed by atoms with Crippen molar-refractivity contribution in [1.29, 1.82) is 0 Å². The summed E-state index contributed by atoms with van der Waals surface area (Å²) in [6, 6.07) is 6.79. The highest BCUT2D eigenvalue weighted by molar-refractivity contribution is 5.28. The molecule has 0 fully saturated rings. The van der Waals surface area contributed by atoms with Crippen molar-refractivity contribution in [3.63, 3.8) is 0 Å². The first-order valence-corrected chi connectivity index (χ1v) is 5.90. The molecule has 3 heteroatoms. The molecule has 0 N–H and O–H groups in total. The summed E-state index contributed by atoms with van der Waals surface area (Å²) in [5.74, 6) is -1.48.